The summed E-state index contributed by atoms with van der Waals surface area (Å²) in [5.74, 6) is 0.0707. The topological polar surface area (TPSA) is 155 Å². The second-order valence-electron chi connectivity index (χ2n) is 7.07. The van der Waals surface area contributed by atoms with Gasteiger partial charge in [0.1, 0.15) is 23.6 Å². The minimum atomic E-state index is -3.81. The molecule has 3 unspecified atom stereocenters. The van der Waals surface area contributed by atoms with E-state index in [1.165, 1.54) is 19.2 Å². The van der Waals surface area contributed by atoms with Gasteiger partial charge in [-0.15, -0.1) is 0 Å². The standard InChI is InChI=1S/C15H24N3O8P/c1-8-6-23-27(22,26-9(8)2)24-7-10-12(19)15(3,21)13(25-10)18-5-4-11(16)17-14(18)20/h4-5,8-10,12-13,19,21H,6-7H2,1-3H3,(H2,16,17,20)/t8?,9?,10-,12-,13-,15-,27?/m1/s1. The number of hydrogen-bond donors (Lipinski definition) is 3. The number of hydrogen-bond acceptors (Lipinski definition) is 10. The van der Waals surface area contributed by atoms with Crippen LogP contribution in [0.15, 0.2) is 17.1 Å². The first-order valence-corrected chi connectivity index (χ1v) is 9.97. The molecule has 2 aliphatic rings. The van der Waals surface area contributed by atoms with E-state index in [0.717, 1.165) is 4.57 Å². The molecule has 12 heteroatoms. The van der Waals surface area contributed by atoms with Gasteiger partial charge in [-0.05, 0) is 19.9 Å². The van der Waals surface area contributed by atoms with Crippen LogP contribution in [-0.4, -0.2) is 56.9 Å². The van der Waals surface area contributed by atoms with Crippen molar-refractivity contribution in [3.8, 4) is 0 Å². The monoisotopic (exact) mass is 405 g/mol. The highest BCUT2D eigenvalue weighted by Gasteiger charge is 2.54. The fraction of sp³-hybridized carbons (Fsp3) is 0.733. The number of nitrogens with two attached hydrogens (primary N) is 1. The van der Waals surface area contributed by atoms with Crippen LogP contribution in [0.3, 0.4) is 0 Å². The first kappa shape index (κ1) is 20.4. The van der Waals surface area contributed by atoms with Crippen LogP contribution in [0.2, 0.25) is 0 Å². The number of ether oxygens (including phenoxy) is 1. The van der Waals surface area contributed by atoms with Gasteiger partial charge in [-0.1, -0.05) is 6.92 Å². The summed E-state index contributed by atoms with van der Waals surface area (Å²) in [6.45, 7) is 4.79. The maximum Gasteiger partial charge on any atom is 0.475 e. The molecule has 0 spiro atoms. The van der Waals surface area contributed by atoms with Crippen molar-refractivity contribution < 1.29 is 33.1 Å². The highest BCUT2D eigenvalue weighted by Crippen LogP contribution is 2.55. The van der Waals surface area contributed by atoms with Crippen LogP contribution in [0.1, 0.15) is 27.0 Å². The van der Waals surface area contributed by atoms with Gasteiger partial charge >= 0.3 is 13.5 Å². The number of nitrogen functional groups attached to an aromatic ring is 1. The quantitative estimate of drug-likeness (QED) is 0.584. The minimum Gasteiger partial charge on any atom is -0.387 e. The molecule has 0 aliphatic carbocycles. The predicted octanol–water partition coefficient (Wildman–Crippen LogP) is 0.0309. The van der Waals surface area contributed by atoms with Gasteiger partial charge in [0.05, 0.1) is 19.3 Å². The average Bonchev–Trinajstić information content (AvgIpc) is 2.80. The van der Waals surface area contributed by atoms with Crippen LogP contribution in [0.4, 0.5) is 5.82 Å². The molecule has 1 aromatic rings. The molecule has 0 bridgehead atoms. The van der Waals surface area contributed by atoms with Crippen molar-refractivity contribution in [2.75, 3.05) is 18.9 Å². The lowest BCUT2D eigenvalue weighted by Gasteiger charge is -2.31. The van der Waals surface area contributed by atoms with Gasteiger partial charge in [-0.2, -0.15) is 4.98 Å². The van der Waals surface area contributed by atoms with E-state index < -0.39 is 37.5 Å². The molecule has 27 heavy (non-hydrogen) atoms. The Morgan fingerprint density at radius 3 is 2.85 bits per heavy atom. The summed E-state index contributed by atoms with van der Waals surface area (Å²) >= 11 is 0. The van der Waals surface area contributed by atoms with E-state index in [2.05, 4.69) is 4.98 Å². The SMILES string of the molecule is CC1COP(=O)(OC[C@H]2O[C@@H](n3ccc(N)nc3=O)[C@](C)(O)[C@@H]2O)OC1C. The fourth-order valence-corrected chi connectivity index (χ4v) is 4.46. The van der Waals surface area contributed by atoms with E-state index >= 15 is 0 Å². The van der Waals surface area contributed by atoms with E-state index in [-0.39, 0.29) is 31.1 Å². The van der Waals surface area contributed by atoms with Gasteiger partial charge in [0.15, 0.2) is 6.23 Å². The Balaban J connectivity index is 1.73. The van der Waals surface area contributed by atoms with E-state index in [1.807, 2.05) is 6.92 Å². The van der Waals surface area contributed by atoms with Crippen molar-refractivity contribution in [3.05, 3.63) is 22.7 Å². The number of aliphatic hydroxyl groups excluding tert-OH is 1. The lowest BCUT2D eigenvalue weighted by Crippen LogP contribution is -2.46. The van der Waals surface area contributed by atoms with Crippen molar-refractivity contribution in [3.63, 3.8) is 0 Å². The van der Waals surface area contributed by atoms with Crippen LogP contribution < -0.4 is 11.4 Å². The summed E-state index contributed by atoms with van der Waals surface area (Å²) in [5.41, 5.74) is 2.88. The van der Waals surface area contributed by atoms with Crippen molar-refractivity contribution in [1.29, 1.82) is 0 Å². The Kier molecular flexibility index (Phi) is 5.48. The van der Waals surface area contributed by atoms with Gasteiger partial charge in [0, 0.05) is 12.1 Å². The number of aromatic nitrogens is 2. The summed E-state index contributed by atoms with van der Waals surface area (Å²) in [7, 11) is -3.81. The summed E-state index contributed by atoms with van der Waals surface area (Å²) < 4.78 is 34.9. The molecule has 2 aliphatic heterocycles. The van der Waals surface area contributed by atoms with Crippen molar-refractivity contribution in [1.82, 2.24) is 9.55 Å². The second-order valence-corrected chi connectivity index (χ2v) is 8.69. The van der Waals surface area contributed by atoms with Crippen LogP contribution in [-0.2, 0) is 22.9 Å². The molecule has 0 radical (unpaired) electrons. The second kappa shape index (κ2) is 7.25. The molecule has 4 N–H and O–H groups in total. The smallest absolute Gasteiger partial charge is 0.387 e. The number of anilines is 1. The Morgan fingerprint density at radius 2 is 2.22 bits per heavy atom. The Morgan fingerprint density at radius 1 is 1.52 bits per heavy atom. The van der Waals surface area contributed by atoms with Crippen LogP contribution in [0.5, 0.6) is 0 Å². The van der Waals surface area contributed by atoms with Crippen molar-refractivity contribution >= 4 is 13.6 Å². The van der Waals surface area contributed by atoms with Crippen molar-refractivity contribution in [2.24, 2.45) is 5.92 Å². The first-order chi connectivity index (χ1) is 12.5. The third kappa shape index (κ3) is 3.95. The molecule has 2 saturated heterocycles. The zero-order chi connectivity index (χ0) is 20.0. The molecular formula is C15H24N3O8P. The van der Waals surface area contributed by atoms with Gasteiger partial charge in [0.25, 0.3) is 0 Å². The normalized spacial score (nSPS) is 42.3. The van der Waals surface area contributed by atoms with Gasteiger partial charge < -0.3 is 20.7 Å². The highest BCUT2D eigenvalue weighted by molar-refractivity contribution is 7.48. The van der Waals surface area contributed by atoms with Gasteiger partial charge in [0.2, 0.25) is 0 Å². The lowest BCUT2D eigenvalue weighted by molar-refractivity contribution is -0.0990. The largest absolute Gasteiger partial charge is 0.475 e. The van der Waals surface area contributed by atoms with E-state index in [9.17, 15) is 19.6 Å². The Labute approximate surface area is 155 Å². The number of aliphatic hydroxyl groups is 2. The summed E-state index contributed by atoms with van der Waals surface area (Å²) in [6.07, 6.45) is -2.77. The maximum absolute atomic E-state index is 12.5. The van der Waals surface area contributed by atoms with Crippen LogP contribution >= 0.6 is 7.82 Å². The number of phosphoric ester groups is 1. The molecule has 1 aromatic heterocycles. The van der Waals surface area contributed by atoms with Crippen molar-refractivity contribution in [2.45, 2.75) is 50.9 Å². The van der Waals surface area contributed by atoms with E-state index in [4.69, 9.17) is 24.0 Å². The Hall–Kier alpha value is -1.33. The van der Waals surface area contributed by atoms with E-state index in [1.54, 1.807) is 6.92 Å². The van der Waals surface area contributed by atoms with Gasteiger partial charge in [-0.3, -0.25) is 18.1 Å². The summed E-state index contributed by atoms with van der Waals surface area (Å²) in [4.78, 5) is 15.6. The third-order valence-corrected chi connectivity index (χ3v) is 6.37. The fourth-order valence-electron chi connectivity index (χ4n) is 2.90. The summed E-state index contributed by atoms with van der Waals surface area (Å²) in [6, 6.07) is 1.36. The predicted molar refractivity (Wildman–Crippen MR) is 92.7 cm³/mol. The molecule has 0 aromatic carbocycles. The molecule has 0 saturated carbocycles. The maximum atomic E-state index is 12.5. The molecule has 7 atom stereocenters. The molecule has 152 valence electrons. The third-order valence-electron chi connectivity index (χ3n) is 4.85. The van der Waals surface area contributed by atoms with Gasteiger partial charge in [-0.25, -0.2) is 9.36 Å². The molecular weight excluding hydrogens is 381 g/mol. The minimum absolute atomic E-state index is 0.0161. The van der Waals surface area contributed by atoms with E-state index in [0.29, 0.717) is 0 Å². The van der Waals surface area contributed by atoms with Crippen LogP contribution in [0, 0.1) is 5.92 Å². The highest BCUT2D eigenvalue weighted by atomic mass is 31.2. The molecule has 3 heterocycles. The summed E-state index contributed by atoms with van der Waals surface area (Å²) in [5, 5.41) is 21.1. The number of rotatable bonds is 4. The zero-order valence-corrected chi connectivity index (χ0v) is 16.1. The Bertz CT molecular complexity index is 800. The lowest BCUT2D eigenvalue weighted by atomic mass is 9.96. The molecule has 11 nitrogen and oxygen atoms in total. The molecule has 3 rings (SSSR count). The number of nitrogens with zero attached hydrogens (tertiary/aromatic N) is 2. The molecule has 2 fully saturated rings. The first-order valence-electron chi connectivity index (χ1n) is 8.51. The number of phosphoric acid groups is 1. The molecule has 0 amide bonds. The zero-order valence-electron chi connectivity index (χ0n) is 15.2. The average molecular weight is 405 g/mol. The van der Waals surface area contributed by atoms with Crippen LogP contribution in [0.25, 0.3) is 0 Å².